The zero-order valence-corrected chi connectivity index (χ0v) is 21.2. The Bertz CT molecular complexity index is 1340. The summed E-state index contributed by atoms with van der Waals surface area (Å²) in [6, 6.07) is 16.2. The van der Waals surface area contributed by atoms with Crippen molar-refractivity contribution in [2.24, 2.45) is 0 Å². The molecule has 0 bridgehead atoms. The molecule has 1 aromatic heterocycles. The number of aromatic nitrogens is 2. The molecule has 1 heterocycles. The fraction of sp³-hybridized carbons (Fsp3) is 0.345. The lowest BCUT2D eigenvalue weighted by atomic mass is 9.89. The first kappa shape index (κ1) is 27.0. The molecule has 0 spiro atoms. The van der Waals surface area contributed by atoms with Crippen LogP contribution in [0.1, 0.15) is 46.7 Å². The van der Waals surface area contributed by atoms with Gasteiger partial charge in [-0.2, -0.15) is 0 Å². The molecule has 1 unspecified atom stereocenters. The Morgan fingerprint density at radius 1 is 1.13 bits per heavy atom. The number of rotatable bonds is 10. The smallest absolute Gasteiger partial charge is 0.293 e. The maximum atomic E-state index is 12.6. The Morgan fingerprint density at radius 2 is 1.76 bits per heavy atom. The van der Waals surface area contributed by atoms with Crippen LogP contribution in [0.25, 0.3) is 0 Å². The maximum absolute atomic E-state index is 12.6. The number of aromatic hydroxyl groups is 1. The molecular formula is C29H31FN4O4. The number of halogens is 1. The normalized spacial score (nSPS) is 17.1. The Kier molecular flexibility index (Phi) is 9.25. The van der Waals surface area contributed by atoms with Crippen molar-refractivity contribution in [2.75, 3.05) is 20.3 Å². The van der Waals surface area contributed by atoms with Crippen LogP contribution in [0.4, 0.5) is 4.39 Å². The van der Waals surface area contributed by atoms with Crippen molar-refractivity contribution in [3.63, 3.8) is 0 Å². The van der Waals surface area contributed by atoms with Gasteiger partial charge >= 0.3 is 0 Å². The number of ether oxygens (including phenoxy) is 1. The molecule has 38 heavy (non-hydrogen) atoms. The van der Waals surface area contributed by atoms with Crippen LogP contribution in [0, 0.1) is 11.8 Å². The molecule has 1 atom stereocenters. The van der Waals surface area contributed by atoms with E-state index in [1.165, 1.54) is 11.9 Å². The molecule has 0 radical (unpaired) electrons. The summed E-state index contributed by atoms with van der Waals surface area (Å²) in [5.74, 6) is 4.53. The largest absolute Gasteiger partial charge is 0.502 e. The van der Waals surface area contributed by atoms with Gasteiger partial charge in [-0.1, -0.05) is 36.1 Å². The van der Waals surface area contributed by atoms with Crippen LogP contribution in [0.2, 0.25) is 0 Å². The van der Waals surface area contributed by atoms with E-state index in [4.69, 9.17) is 4.74 Å². The van der Waals surface area contributed by atoms with Crippen molar-refractivity contribution in [1.82, 2.24) is 20.6 Å². The average Bonchev–Trinajstić information content (AvgIpc) is 2.92. The first-order valence-electron chi connectivity index (χ1n) is 12.5. The number of nitrogens with one attached hydrogen (secondary N) is 3. The van der Waals surface area contributed by atoms with Gasteiger partial charge in [-0.15, -0.1) is 0 Å². The number of carbonyl (C=O) groups excluding carboxylic acids is 1. The lowest BCUT2D eigenvalue weighted by Gasteiger charge is -2.34. The third-order valence-electron chi connectivity index (χ3n) is 6.67. The van der Waals surface area contributed by atoms with Crippen molar-refractivity contribution >= 4 is 5.91 Å². The van der Waals surface area contributed by atoms with E-state index in [2.05, 4.69) is 44.6 Å². The summed E-state index contributed by atoms with van der Waals surface area (Å²) in [6.45, 7) is -0.308. The highest BCUT2D eigenvalue weighted by Crippen LogP contribution is 2.24. The average molecular weight is 519 g/mol. The fourth-order valence-corrected chi connectivity index (χ4v) is 4.30. The van der Waals surface area contributed by atoms with E-state index in [9.17, 15) is 19.1 Å². The number of carbonyl (C=O) groups is 1. The predicted octanol–water partition coefficient (Wildman–Crippen LogP) is 2.55. The van der Waals surface area contributed by atoms with Crippen LogP contribution in [0.5, 0.6) is 5.75 Å². The number of hydrogen-bond donors (Lipinski definition) is 4. The molecule has 4 N–H and O–H groups in total. The molecule has 8 nitrogen and oxygen atoms in total. The number of alkyl halides is 1. The molecule has 1 fully saturated rings. The molecular weight excluding hydrogens is 487 g/mol. The van der Waals surface area contributed by atoms with Gasteiger partial charge in [0.1, 0.15) is 0 Å². The Balaban J connectivity index is 1.36. The van der Waals surface area contributed by atoms with E-state index < -0.39 is 29.8 Å². The van der Waals surface area contributed by atoms with E-state index in [0.717, 1.165) is 36.1 Å². The summed E-state index contributed by atoms with van der Waals surface area (Å²) in [5.41, 5.74) is 3.31. The highest BCUT2D eigenvalue weighted by molar-refractivity contribution is 5.77. The SMILES string of the molecule is COC1CC(NCc2ccc(C#Cc3ccc(CC(CNC(=O)CF)c4nc[nH]c(=O)c4O)cc3)cc2)C1. The first-order chi connectivity index (χ1) is 18.4. The molecule has 4 rings (SSSR count). The summed E-state index contributed by atoms with van der Waals surface area (Å²) >= 11 is 0. The van der Waals surface area contributed by atoms with Crippen molar-refractivity contribution < 1.29 is 19.0 Å². The molecule has 9 heteroatoms. The van der Waals surface area contributed by atoms with E-state index >= 15 is 0 Å². The van der Waals surface area contributed by atoms with Crippen LogP contribution in [-0.2, 0) is 22.5 Å². The van der Waals surface area contributed by atoms with Gasteiger partial charge in [-0.05, 0) is 54.7 Å². The molecule has 1 aliphatic rings. The van der Waals surface area contributed by atoms with Crippen LogP contribution >= 0.6 is 0 Å². The van der Waals surface area contributed by atoms with Crippen molar-refractivity contribution in [1.29, 1.82) is 0 Å². The molecule has 198 valence electrons. The number of nitrogens with zero attached hydrogens (tertiary/aromatic N) is 1. The monoisotopic (exact) mass is 518 g/mol. The standard InChI is InChI=1S/C29H31FN4O4/c1-38-25-13-24(14-25)31-16-22-10-6-20(7-11-22)3-2-19-4-8-21(9-5-19)12-23(17-32-26(35)15-30)27-28(36)29(37)34-18-33-27/h4-11,18,23-25,31,36H,12-17H2,1H3,(H,32,35)(H,33,34,37). The summed E-state index contributed by atoms with van der Waals surface area (Å²) < 4.78 is 17.9. The lowest BCUT2D eigenvalue weighted by molar-refractivity contribution is -0.122. The van der Waals surface area contributed by atoms with Gasteiger partial charge in [0.25, 0.3) is 11.5 Å². The quantitative estimate of drug-likeness (QED) is 0.307. The van der Waals surface area contributed by atoms with E-state index in [1.54, 1.807) is 7.11 Å². The maximum Gasteiger partial charge on any atom is 0.293 e. The number of H-pyrrole nitrogens is 1. The Labute approximate surface area is 220 Å². The minimum absolute atomic E-state index is 0.0220. The number of hydrogen-bond acceptors (Lipinski definition) is 6. The highest BCUT2D eigenvalue weighted by atomic mass is 19.1. The van der Waals surface area contributed by atoms with Crippen molar-refractivity contribution in [3.05, 3.63) is 93.2 Å². The lowest BCUT2D eigenvalue weighted by Crippen LogP contribution is -2.44. The zero-order chi connectivity index (χ0) is 26.9. The summed E-state index contributed by atoms with van der Waals surface area (Å²) in [4.78, 5) is 29.6. The predicted molar refractivity (Wildman–Crippen MR) is 141 cm³/mol. The number of methoxy groups -OCH3 is 1. The van der Waals surface area contributed by atoms with Crippen molar-refractivity contribution in [3.8, 4) is 17.6 Å². The molecule has 1 saturated carbocycles. The second-order valence-corrected chi connectivity index (χ2v) is 9.36. The summed E-state index contributed by atoms with van der Waals surface area (Å²) in [5, 5.41) is 16.2. The van der Waals surface area contributed by atoms with Gasteiger partial charge in [0.05, 0.1) is 18.1 Å². The van der Waals surface area contributed by atoms with Gasteiger partial charge in [0.15, 0.2) is 6.67 Å². The second kappa shape index (κ2) is 13.0. The first-order valence-corrected chi connectivity index (χ1v) is 12.5. The zero-order valence-electron chi connectivity index (χ0n) is 21.2. The van der Waals surface area contributed by atoms with Crippen LogP contribution in [0.3, 0.4) is 0 Å². The second-order valence-electron chi connectivity index (χ2n) is 9.36. The molecule has 0 aliphatic heterocycles. The van der Waals surface area contributed by atoms with Gasteiger partial charge in [0, 0.05) is 43.3 Å². The Hall–Kier alpha value is -4.00. The van der Waals surface area contributed by atoms with Gasteiger partial charge in [-0.25, -0.2) is 9.37 Å². The summed E-state index contributed by atoms with van der Waals surface area (Å²) in [7, 11) is 1.76. The van der Waals surface area contributed by atoms with Crippen LogP contribution in [0.15, 0.2) is 59.7 Å². The van der Waals surface area contributed by atoms with E-state index in [-0.39, 0.29) is 12.2 Å². The van der Waals surface area contributed by atoms with Crippen LogP contribution < -0.4 is 16.2 Å². The van der Waals surface area contributed by atoms with E-state index in [0.29, 0.717) is 18.6 Å². The number of aromatic amines is 1. The van der Waals surface area contributed by atoms with Crippen molar-refractivity contribution in [2.45, 2.75) is 43.9 Å². The summed E-state index contributed by atoms with van der Waals surface area (Å²) in [6.07, 6.45) is 4.05. The molecule has 1 amide bonds. The molecule has 2 aromatic carbocycles. The third-order valence-corrected chi connectivity index (χ3v) is 6.67. The topological polar surface area (TPSA) is 116 Å². The molecule has 0 saturated heterocycles. The van der Waals surface area contributed by atoms with Gasteiger partial charge < -0.3 is 25.5 Å². The molecule has 1 aliphatic carbocycles. The number of amides is 1. The highest BCUT2D eigenvalue weighted by Gasteiger charge is 2.28. The Morgan fingerprint density at radius 3 is 2.37 bits per heavy atom. The van der Waals surface area contributed by atoms with E-state index in [1.807, 2.05) is 36.4 Å². The minimum Gasteiger partial charge on any atom is -0.502 e. The third kappa shape index (κ3) is 7.28. The van der Waals surface area contributed by atoms with Crippen LogP contribution in [-0.4, -0.2) is 53.5 Å². The van der Waals surface area contributed by atoms with Gasteiger partial charge in [-0.3, -0.25) is 9.59 Å². The number of benzene rings is 2. The minimum atomic E-state index is -1.15. The van der Waals surface area contributed by atoms with Gasteiger partial charge in [0.2, 0.25) is 5.75 Å². The fourth-order valence-electron chi connectivity index (χ4n) is 4.30. The molecule has 3 aromatic rings.